The molecule has 0 fully saturated rings. The molecule has 5 aromatic rings. The highest BCUT2D eigenvalue weighted by atomic mass is 35.5. The van der Waals surface area contributed by atoms with Crippen molar-refractivity contribution in [3.05, 3.63) is 113 Å². The van der Waals surface area contributed by atoms with Gasteiger partial charge in [0.05, 0.1) is 12.6 Å². The van der Waals surface area contributed by atoms with E-state index >= 15 is 0 Å². The minimum Gasteiger partial charge on any atom is -0.493 e. The summed E-state index contributed by atoms with van der Waals surface area (Å²) in [5, 5.41) is 7.56. The van der Waals surface area contributed by atoms with Crippen molar-refractivity contribution in [2.24, 2.45) is 0 Å². The van der Waals surface area contributed by atoms with Crippen LogP contribution in [0.5, 0.6) is 11.5 Å². The van der Waals surface area contributed by atoms with E-state index in [1.54, 1.807) is 31.4 Å². The third-order valence-corrected chi connectivity index (χ3v) is 5.92. The molecule has 4 aromatic carbocycles. The molecule has 0 saturated heterocycles. The van der Waals surface area contributed by atoms with Crippen LogP contribution in [-0.2, 0) is 6.61 Å². The second kappa shape index (κ2) is 11.0. The van der Waals surface area contributed by atoms with Crippen LogP contribution in [0, 0.1) is 0 Å². The summed E-state index contributed by atoms with van der Waals surface area (Å²) in [4.78, 5) is 21.3. The molecule has 0 saturated carbocycles. The molecule has 0 radical (unpaired) electrons. The molecule has 0 aliphatic carbocycles. The zero-order valence-corrected chi connectivity index (χ0v) is 20.7. The number of fused-ring (bicyclic) bond motifs is 1. The zero-order valence-electron chi connectivity index (χ0n) is 19.9. The third-order valence-electron chi connectivity index (χ3n) is 5.67. The molecule has 0 spiro atoms. The first-order valence-electron chi connectivity index (χ1n) is 11.5. The van der Waals surface area contributed by atoms with Crippen molar-refractivity contribution in [3.8, 4) is 11.5 Å². The van der Waals surface area contributed by atoms with Gasteiger partial charge in [-0.05, 0) is 60.2 Å². The summed E-state index contributed by atoms with van der Waals surface area (Å²) in [5.41, 5.74) is 3.77. The Hall–Kier alpha value is -4.62. The van der Waals surface area contributed by atoms with E-state index in [1.807, 2.05) is 66.7 Å². The number of methoxy groups -OCH3 is 1. The lowest BCUT2D eigenvalue weighted by atomic mass is 10.2. The first-order chi connectivity index (χ1) is 18.1. The molecule has 0 unspecified atom stereocenters. The minimum absolute atomic E-state index is 0.212. The number of aromatic nitrogens is 2. The Morgan fingerprint density at radius 3 is 2.32 bits per heavy atom. The SMILES string of the molecule is COc1cc2c(Nc3ccc(NC(=O)c4ccc(Cl)cc4)cc3)ncnc2cc1OCc1ccccc1. The van der Waals surface area contributed by atoms with Crippen LogP contribution in [-0.4, -0.2) is 23.0 Å². The van der Waals surface area contributed by atoms with E-state index in [9.17, 15) is 4.79 Å². The second-order valence-electron chi connectivity index (χ2n) is 8.18. The molecular formula is C29H23ClN4O3. The number of rotatable bonds is 8. The average molecular weight is 511 g/mol. The molecule has 8 heteroatoms. The van der Waals surface area contributed by atoms with Gasteiger partial charge in [-0.25, -0.2) is 9.97 Å². The van der Waals surface area contributed by atoms with E-state index in [0.717, 1.165) is 16.6 Å². The van der Waals surface area contributed by atoms with E-state index < -0.39 is 0 Å². The topological polar surface area (TPSA) is 85.4 Å². The predicted molar refractivity (Wildman–Crippen MR) is 146 cm³/mol. The first-order valence-corrected chi connectivity index (χ1v) is 11.9. The van der Waals surface area contributed by atoms with Gasteiger partial charge in [0.1, 0.15) is 18.8 Å². The lowest BCUT2D eigenvalue weighted by Crippen LogP contribution is -2.11. The molecular weight excluding hydrogens is 488 g/mol. The number of benzene rings is 4. The fourth-order valence-corrected chi connectivity index (χ4v) is 3.88. The maximum atomic E-state index is 12.5. The van der Waals surface area contributed by atoms with Crippen LogP contribution in [0.4, 0.5) is 17.2 Å². The van der Waals surface area contributed by atoms with Gasteiger partial charge in [0.15, 0.2) is 11.5 Å². The van der Waals surface area contributed by atoms with Gasteiger partial charge in [-0.2, -0.15) is 0 Å². The molecule has 1 heterocycles. The van der Waals surface area contributed by atoms with Crippen LogP contribution in [0.3, 0.4) is 0 Å². The van der Waals surface area contributed by atoms with Crippen molar-refractivity contribution in [2.75, 3.05) is 17.7 Å². The van der Waals surface area contributed by atoms with Crippen LogP contribution in [0.1, 0.15) is 15.9 Å². The van der Waals surface area contributed by atoms with Crippen molar-refractivity contribution in [1.82, 2.24) is 9.97 Å². The van der Waals surface area contributed by atoms with E-state index in [0.29, 0.717) is 45.7 Å². The van der Waals surface area contributed by atoms with E-state index in [2.05, 4.69) is 20.6 Å². The van der Waals surface area contributed by atoms with Crippen LogP contribution in [0.25, 0.3) is 10.9 Å². The molecule has 1 amide bonds. The summed E-state index contributed by atoms with van der Waals surface area (Å²) in [7, 11) is 1.60. The van der Waals surface area contributed by atoms with Crippen molar-refractivity contribution >= 4 is 45.6 Å². The smallest absolute Gasteiger partial charge is 0.255 e. The van der Waals surface area contributed by atoms with E-state index in [-0.39, 0.29) is 5.91 Å². The van der Waals surface area contributed by atoms with Crippen molar-refractivity contribution in [1.29, 1.82) is 0 Å². The summed E-state index contributed by atoms with van der Waals surface area (Å²) in [6, 6.07) is 27.7. The summed E-state index contributed by atoms with van der Waals surface area (Å²) < 4.78 is 11.6. The Morgan fingerprint density at radius 2 is 1.59 bits per heavy atom. The van der Waals surface area contributed by atoms with Crippen LogP contribution in [0.2, 0.25) is 5.02 Å². The number of anilines is 3. The summed E-state index contributed by atoms with van der Waals surface area (Å²) >= 11 is 5.90. The highest BCUT2D eigenvalue weighted by molar-refractivity contribution is 6.30. The quantitative estimate of drug-likeness (QED) is 0.237. The van der Waals surface area contributed by atoms with Crippen LogP contribution < -0.4 is 20.1 Å². The van der Waals surface area contributed by atoms with E-state index in [4.69, 9.17) is 21.1 Å². The lowest BCUT2D eigenvalue weighted by Gasteiger charge is -2.14. The fraction of sp³-hybridized carbons (Fsp3) is 0.0690. The monoisotopic (exact) mass is 510 g/mol. The number of carbonyl (C=O) groups is 1. The first kappa shape index (κ1) is 24.1. The number of carbonyl (C=O) groups excluding carboxylic acids is 1. The summed E-state index contributed by atoms with van der Waals surface area (Å²) in [6.07, 6.45) is 1.50. The van der Waals surface area contributed by atoms with Gasteiger partial charge in [0.2, 0.25) is 0 Å². The third kappa shape index (κ3) is 5.79. The molecule has 184 valence electrons. The predicted octanol–water partition coefficient (Wildman–Crippen LogP) is 6.87. The number of halogens is 1. The molecule has 37 heavy (non-hydrogen) atoms. The maximum Gasteiger partial charge on any atom is 0.255 e. The summed E-state index contributed by atoms with van der Waals surface area (Å²) in [6.45, 7) is 0.416. The number of nitrogens with zero attached hydrogens (tertiary/aromatic N) is 2. The Bertz CT molecular complexity index is 1530. The average Bonchev–Trinajstić information content (AvgIpc) is 2.93. The Kier molecular flexibility index (Phi) is 7.14. The summed E-state index contributed by atoms with van der Waals surface area (Å²) in [5.74, 6) is 1.60. The molecule has 0 aliphatic rings. The fourth-order valence-electron chi connectivity index (χ4n) is 3.75. The molecule has 1 aromatic heterocycles. The van der Waals surface area contributed by atoms with Crippen LogP contribution in [0.15, 0.2) is 97.3 Å². The zero-order chi connectivity index (χ0) is 25.6. The lowest BCUT2D eigenvalue weighted by molar-refractivity contribution is 0.102. The van der Waals surface area contributed by atoms with Gasteiger partial charge in [-0.1, -0.05) is 41.9 Å². The maximum absolute atomic E-state index is 12.5. The second-order valence-corrected chi connectivity index (χ2v) is 8.62. The number of hydrogen-bond donors (Lipinski definition) is 2. The largest absolute Gasteiger partial charge is 0.493 e. The number of ether oxygens (including phenoxy) is 2. The molecule has 2 N–H and O–H groups in total. The van der Waals surface area contributed by atoms with Crippen molar-refractivity contribution in [3.63, 3.8) is 0 Å². The van der Waals surface area contributed by atoms with Crippen molar-refractivity contribution < 1.29 is 14.3 Å². The van der Waals surface area contributed by atoms with Gasteiger partial charge in [-0.3, -0.25) is 4.79 Å². The Morgan fingerprint density at radius 1 is 0.865 bits per heavy atom. The number of amides is 1. The van der Waals surface area contributed by atoms with Gasteiger partial charge in [-0.15, -0.1) is 0 Å². The number of nitrogens with one attached hydrogen (secondary N) is 2. The molecule has 0 aliphatic heterocycles. The highest BCUT2D eigenvalue weighted by Crippen LogP contribution is 2.35. The Labute approximate surface area is 219 Å². The van der Waals surface area contributed by atoms with Gasteiger partial charge < -0.3 is 20.1 Å². The highest BCUT2D eigenvalue weighted by Gasteiger charge is 2.13. The molecule has 5 rings (SSSR count). The van der Waals surface area contributed by atoms with Gasteiger partial charge >= 0.3 is 0 Å². The van der Waals surface area contributed by atoms with Gasteiger partial charge in [0, 0.05) is 33.4 Å². The molecule has 0 atom stereocenters. The van der Waals surface area contributed by atoms with Crippen molar-refractivity contribution in [2.45, 2.75) is 6.61 Å². The molecule has 7 nitrogen and oxygen atoms in total. The number of hydrogen-bond acceptors (Lipinski definition) is 6. The van der Waals surface area contributed by atoms with Crippen LogP contribution >= 0.6 is 11.6 Å². The standard InChI is InChI=1S/C29H23ClN4O3/c1-36-26-15-24-25(16-27(26)37-17-19-5-3-2-4-6-19)31-18-32-28(24)33-22-11-13-23(14-12-22)34-29(35)20-7-9-21(30)10-8-20/h2-16,18H,17H2,1H3,(H,34,35)(H,31,32,33). The normalized spacial score (nSPS) is 10.6. The van der Waals surface area contributed by atoms with Gasteiger partial charge in [0.25, 0.3) is 5.91 Å². The molecule has 0 bridgehead atoms. The minimum atomic E-state index is -0.212. The Balaban J connectivity index is 1.32. The van der Waals surface area contributed by atoms with E-state index in [1.165, 1.54) is 6.33 Å².